The Morgan fingerprint density at radius 3 is 2.81 bits per heavy atom. The summed E-state index contributed by atoms with van der Waals surface area (Å²) in [7, 11) is 1.61. The first-order valence-electron chi connectivity index (χ1n) is 10.1. The number of halogens is 2. The number of hydrogen-bond acceptors (Lipinski definition) is 7. The molecule has 7 nitrogen and oxygen atoms in total. The molecule has 164 valence electrons. The highest BCUT2D eigenvalue weighted by Gasteiger charge is 2.21. The molecule has 4 rings (SSSR count). The number of hydrogen-bond donors (Lipinski definition) is 1. The summed E-state index contributed by atoms with van der Waals surface area (Å²) in [6, 6.07) is 9.03. The van der Waals surface area contributed by atoms with Crippen LogP contribution in [0.1, 0.15) is 6.92 Å². The molecule has 1 aliphatic heterocycles. The summed E-state index contributed by atoms with van der Waals surface area (Å²) in [5, 5.41) is 5.02. The van der Waals surface area contributed by atoms with Crippen LogP contribution in [0.2, 0.25) is 10.0 Å². The van der Waals surface area contributed by atoms with Gasteiger partial charge >= 0.3 is 0 Å². The summed E-state index contributed by atoms with van der Waals surface area (Å²) in [6.45, 7) is 6.12. The lowest BCUT2D eigenvalue weighted by atomic mass is 10.2. The van der Waals surface area contributed by atoms with Crippen LogP contribution < -0.4 is 14.8 Å². The van der Waals surface area contributed by atoms with E-state index in [1.54, 1.807) is 19.2 Å². The monoisotopic (exact) mass is 462 g/mol. The van der Waals surface area contributed by atoms with Gasteiger partial charge in [0.2, 0.25) is 0 Å². The predicted octanol–water partition coefficient (Wildman–Crippen LogP) is 4.79. The number of anilines is 2. The molecule has 1 fully saturated rings. The third kappa shape index (κ3) is 5.13. The molecule has 1 aliphatic rings. The van der Waals surface area contributed by atoms with E-state index in [1.165, 1.54) is 6.33 Å². The van der Waals surface area contributed by atoms with E-state index in [0.29, 0.717) is 40.6 Å². The molecular formula is C22H24Cl2N4O3. The van der Waals surface area contributed by atoms with Crippen LogP contribution >= 0.6 is 23.2 Å². The van der Waals surface area contributed by atoms with E-state index in [0.717, 1.165) is 36.2 Å². The van der Waals surface area contributed by atoms with Crippen LogP contribution in [0.5, 0.6) is 11.5 Å². The minimum Gasteiger partial charge on any atom is -0.493 e. The van der Waals surface area contributed by atoms with Crippen molar-refractivity contribution >= 4 is 45.6 Å². The molecule has 1 atom stereocenters. The summed E-state index contributed by atoms with van der Waals surface area (Å²) in [5.74, 6) is 1.84. The van der Waals surface area contributed by atoms with Crippen molar-refractivity contribution in [2.45, 2.75) is 13.0 Å². The van der Waals surface area contributed by atoms with Crippen LogP contribution in [-0.4, -0.2) is 60.9 Å². The highest BCUT2D eigenvalue weighted by molar-refractivity contribution is 6.42. The van der Waals surface area contributed by atoms with Gasteiger partial charge in [0, 0.05) is 30.2 Å². The number of rotatable bonds is 7. The molecule has 3 aromatic rings. The lowest BCUT2D eigenvalue weighted by molar-refractivity contribution is -0.0466. The van der Waals surface area contributed by atoms with Crippen molar-refractivity contribution in [1.29, 1.82) is 0 Å². The van der Waals surface area contributed by atoms with E-state index < -0.39 is 0 Å². The van der Waals surface area contributed by atoms with Crippen molar-refractivity contribution < 1.29 is 14.2 Å². The molecule has 9 heteroatoms. The molecule has 2 aromatic carbocycles. The summed E-state index contributed by atoms with van der Waals surface area (Å²) in [4.78, 5) is 11.1. The van der Waals surface area contributed by atoms with Crippen LogP contribution in [0.3, 0.4) is 0 Å². The number of fused-ring (bicyclic) bond motifs is 1. The topological polar surface area (TPSA) is 68.7 Å². The Balaban J connectivity index is 1.57. The molecule has 31 heavy (non-hydrogen) atoms. The summed E-state index contributed by atoms with van der Waals surface area (Å²) in [6.07, 6.45) is 1.52. The van der Waals surface area contributed by atoms with Gasteiger partial charge in [0.15, 0.2) is 11.5 Å². The second-order valence-corrected chi connectivity index (χ2v) is 8.01. The highest BCUT2D eigenvalue weighted by atomic mass is 35.5. The van der Waals surface area contributed by atoms with Gasteiger partial charge in [-0.3, -0.25) is 4.90 Å². The molecule has 0 spiro atoms. The number of methoxy groups -OCH3 is 1. The molecule has 0 aliphatic carbocycles. The number of aromatic nitrogens is 2. The smallest absolute Gasteiger partial charge is 0.163 e. The van der Waals surface area contributed by atoms with E-state index in [9.17, 15) is 0 Å². The number of nitrogens with one attached hydrogen (secondary N) is 1. The van der Waals surface area contributed by atoms with Gasteiger partial charge in [-0.1, -0.05) is 30.1 Å². The minimum atomic E-state index is 0.0198. The Labute approximate surface area is 191 Å². The van der Waals surface area contributed by atoms with Crippen LogP contribution in [0.15, 0.2) is 36.7 Å². The molecule has 0 saturated carbocycles. The molecule has 0 bridgehead atoms. The Morgan fingerprint density at radius 2 is 2.03 bits per heavy atom. The van der Waals surface area contributed by atoms with Crippen LogP contribution in [0, 0.1) is 0 Å². The van der Waals surface area contributed by atoms with E-state index in [4.69, 9.17) is 37.4 Å². The molecular weight excluding hydrogens is 439 g/mol. The zero-order valence-electron chi connectivity index (χ0n) is 17.4. The Hall–Kier alpha value is -2.32. The third-order valence-corrected chi connectivity index (χ3v) is 5.94. The fourth-order valence-corrected chi connectivity index (χ4v) is 3.80. The van der Waals surface area contributed by atoms with Crippen molar-refractivity contribution in [1.82, 2.24) is 14.9 Å². The minimum absolute atomic E-state index is 0.0198. The molecule has 1 N–H and O–H groups in total. The van der Waals surface area contributed by atoms with Crippen molar-refractivity contribution in [3.05, 3.63) is 46.7 Å². The Bertz CT molecular complexity index is 1070. The van der Waals surface area contributed by atoms with E-state index in [2.05, 4.69) is 27.1 Å². The average molecular weight is 463 g/mol. The van der Waals surface area contributed by atoms with Gasteiger partial charge in [-0.05, 0) is 30.8 Å². The molecule has 1 aromatic heterocycles. The van der Waals surface area contributed by atoms with Crippen LogP contribution in [0.25, 0.3) is 10.9 Å². The van der Waals surface area contributed by atoms with Gasteiger partial charge in [0.05, 0.1) is 29.3 Å². The maximum absolute atomic E-state index is 6.13. The van der Waals surface area contributed by atoms with Crippen LogP contribution in [0.4, 0.5) is 11.5 Å². The lowest BCUT2D eigenvalue weighted by Crippen LogP contribution is -2.44. The second-order valence-electron chi connectivity index (χ2n) is 7.19. The molecule has 0 radical (unpaired) electrons. The number of nitrogens with zero attached hydrogens (tertiary/aromatic N) is 3. The number of morpholine rings is 1. The lowest BCUT2D eigenvalue weighted by Gasteiger charge is -2.31. The second kappa shape index (κ2) is 9.87. The zero-order chi connectivity index (χ0) is 21.8. The molecule has 1 unspecified atom stereocenters. The molecule has 2 heterocycles. The maximum Gasteiger partial charge on any atom is 0.163 e. The fraction of sp³-hybridized carbons (Fsp3) is 0.364. The first-order valence-corrected chi connectivity index (χ1v) is 10.8. The Kier molecular flexibility index (Phi) is 6.97. The molecule has 1 saturated heterocycles. The summed E-state index contributed by atoms with van der Waals surface area (Å²) >= 11 is 12.1. The quantitative estimate of drug-likeness (QED) is 0.541. The fourth-order valence-electron chi connectivity index (χ4n) is 3.50. The zero-order valence-corrected chi connectivity index (χ0v) is 18.9. The SMILES string of the molecule is CCN1CCOC(COc2cc3ncnc(Nc4ccc(Cl)c(Cl)c4)c3cc2OC)C1. The maximum atomic E-state index is 6.13. The predicted molar refractivity (Wildman–Crippen MR) is 123 cm³/mol. The summed E-state index contributed by atoms with van der Waals surface area (Å²) < 4.78 is 17.5. The number of likely N-dealkylation sites (N-methyl/N-ethyl adjacent to an activating group) is 1. The highest BCUT2D eigenvalue weighted by Crippen LogP contribution is 2.35. The first-order chi connectivity index (χ1) is 15.1. The van der Waals surface area contributed by atoms with Crippen molar-refractivity contribution in [2.24, 2.45) is 0 Å². The van der Waals surface area contributed by atoms with Crippen LogP contribution in [-0.2, 0) is 4.74 Å². The first kappa shape index (κ1) is 21.9. The van der Waals surface area contributed by atoms with Gasteiger partial charge in [-0.15, -0.1) is 0 Å². The van der Waals surface area contributed by atoms with E-state index >= 15 is 0 Å². The normalized spacial score (nSPS) is 17.0. The third-order valence-electron chi connectivity index (χ3n) is 5.20. The standard InChI is InChI=1S/C22H24Cl2N4O3/c1-3-28-6-7-30-15(11-28)12-31-21-10-19-16(9-20(21)29-2)22(26-13-25-19)27-14-4-5-17(23)18(24)8-14/h4-5,8-10,13,15H,3,6-7,11-12H2,1-2H3,(H,25,26,27). The largest absolute Gasteiger partial charge is 0.493 e. The number of ether oxygens (including phenoxy) is 3. The Morgan fingerprint density at radius 1 is 1.16 bits per heavy atom. The van der Waals surface area contributed by atoms with Crippen molar-refractivity contribution in [3.8, 4) is 11.5 Å². The van der Waals surface area contributed by atoms with Gasteiger partial charge in [0.25, 0.3) is 0 Å². The number of benzene rings is 2. The van der Waals surface area contributed by atoms with Gasteiger partial charge in [-0.2, -0.15) is 0 Å². The summed E-state index contributed by atoms with van der Waals surface area (Å²) in [5.41, 5.74) is 1.50. The molecule has 0 amide bonds. The van der Waals surface area contributed by atoms with Crippen molar-refractivity contribution in [3.63, 3.8) is 0 Å². The van der Waals surface area contributed by atoms with Crippen molar-refractivity contribution in [2.75, 3.05) is 45.3 Å². The van der Waals surface area contributed by atoms with Gasteiger partial charge in [0.1, 0.15) is 24.9 Å². The van der Waals surface area contributed by atoms with E-state index in [-0.39, 0.29) is 6.10 Å². The average Bonchev–Trinajstić information content (AvgIpc) is 2.80. The van der Waals surface area contributed by atoms with Gasteiger partial charge in [-0.25, -0.2) is 9.97 Å². The van der Waals surface area contributed by atoms with Gasteiger partial charge < -0.3 is 19.5 Å². The van der Waals surface area contributed by atoms with E-state index in [1.807, 2.05) is 18.2 Å².